The molecule has 0 aliphatic heterocycles. The van der Waals surface area contributed by atoms with Gasteiger partial charge in [-0.15, -0.1) is 0 Å². The molecule has 8 nitrogen and oxygen atoms in total. The molecule has 0 saturated carbocycles. The van der Waals surface area contributed by atoms with E-state index in [0.29, 0.717) is 12.1 Å². The van der Waals surface area contributed by atoms with Crippen molar-refractivity contribution in [3.05, 3.63) is 60.8 Å². The zero-order valence-electron chi connectivity index (χ0n) is 12.9. The van der Waals surface area contributed by atoms with E-state index in [1.807, 2.05) is 0 Å². The van der Waals surface area contributed by atoms with Crippen LogP contribution in [0.5, 0.6) is 0 Å². The van der Waals surface area contributed by atoms with E-state index in [4.69, 9.17) is 11.6 Å². The van der Waals surface area contributed by atoms with Gasteiger partial charge in [0.2, 0.25) is 0 Å². The molecule has 0 aliphatic carbocycles. The summed E-state index contributed by atoms with van der Waals surface area (Å²) in [4.78, 5) is 22.4. The van der Waals surface area contributed by atoms with Crippen molar-refractivity contribution >= 4 is 34.5 Å². The second-order valence-electron chi connectivity index (χ2n) is 5.05. The summed E-state index contributed by atoms with van der Waals surface area (Å²) in [5.74, 6) is -1.25. The van der Waals surface area contributed by atoms with Crippen LogP contribution in [-0.2, 0) is 12.4 Å². The van der Waals surface area contributed by atoms with Gasteiger partial charge in [-0.2, -0.15) is 26.3 Å². The lowest BCUT2D eigenvalue weighted by Crippen LogP contribution is -2.15. The van der Waals surface area contributed by atoms with Crippen LogP contribution in [-0.4, -0.2) is 14.8 Å². The van der Waals surface area contributed by atoms with Gasteiger partial charge in [-0.05, 0) is 12.1 Å². The first-order chi connectivity index (χ1) is 12.7. The standard InChI is InChI=1S/C13H5ClF6N4O4/c14-9-2-1-6(12(15,16)17)11(21-9)22-10-7(13(18,19)20)3-5(23(25)26)4-8(10)24(27)28/h1-4H,(H,21,22). The van der Waals surface area contributed by atoms with E-state index in [0.717, 1.165) is 0 Å². The van der Waals surface area contributed by atoms with Crippen molar-refractivity contribution in [2.45, 2.75) is 12.4 Å². The van der Waals surface area contributed by atoms with Gasteiger partial charge in [0.1, 0.15) is 16.7 Å². The normalized spacial score (nSPS) is 12.0. The van der Waals surface area contributed by atoms with E-state index in [-0.39, 0.29) is 12.1 Å². The lowest BCUT2D eigenvalue weighted by Gasteiger charge is -2.17. The molecule has 150 valence electrons. The number of nitro benzene ring substituents is 2. The quantitative estimate of drug-likeness (QED) is 0.303. The molecule has 0 radical (unpaired) electrons. The first-order valence-electron chi connectivity index (χ1n) is 6.76. The monoisotopic (exact) mass is 430 g/mol. The molecule has 1 N–H and O–H groups in total. The second-order valence-corrected chi connectivity index (χ2v) is 5.44. The SMILES string of the molecule is O=[N+]([O-])c1cc([N+](=O)[O-])c(Nc2nc(Cl)ccc2C(F)(F)F)c(C(F)(F)F)c1. The predicted molar refractivity (Wildman–Crippen MR) is 82.3 cm³/mol. The molecule has 0 saturated heterocycles. The Bertz CT molecular complexity index is 963. The highest BCUT2D eigenvalue weighted by Crippen LogP contribution is 2.45. The summed E-state index contributed by atoms with van der Waals surface area (Å²) in [6.07, 6.45) is -10.5. The molecule has 0 bridgehead atoms. The number of nitrogens with one attached hydrogen (secondary N) is 1. The fourth-order valence-electron chi connectivity index (χ4n) is 2.09. The van der Waals surface area contributed by atoms with Crippen LogP contribution in [0.1, 0.15) is 11.1 Å². The third kappa shape index (κ3) is 4.39. The molecule has 1 heterocycles. The number of halogens is 7. The van der Waals surface area contributed by atoms with Gasteiger partial charge in [0.15, 0.2) is 0 Å². The van der Waals surface area contributed by atoms with Crippen LogP contribution >= 0.6 is 11.6 Å². The second kappa shape index (κ2) is 7.10. The van der Waals surface area contributed by atoms with E-state index < -0.39 is 61.4 Å². The van der Waals surface area contributed by atoms with Gasteiger partial charge in [0, 0.05) is 6.07 Å². The Morgan fingerprint density at radius 2 is 1.50 bits per heavy atom. The molecule has 2 rings (SSSR count). The van der Waals surface area contributed by atoms with Crippen LogP contribution in [0.25, 0.3) is 0 Å². The van der Waals surface area contributed by atoms with Crippen molar-refractivity contribution in [2.24, 2.45) is 0 Å². The molecule has 0 unspecified atom stereocenters. The van der Waals surface area contributed by atoms with E-state index in [1.165, 1.54) is 0 Å². The Labute approximate surface area is 155 Å². The highest BCUT2D eigenvalue weighted by Gasteiger charge is 2.41. The van der Waals surface area contributed by atoms with Crippen molar-refractivity contribution in [1.82, 2.24) is 4.98 Å². The highest BCUT2D eigenvalue weighted by molar-refractivity contribution is 6.29. The molecule has 0 spiro atoms. The summed E-state index contributed by atoms with van der Waals surface area (Å²) in [5, 5.41) is 23.0. The largest absolute Gasteiger partial charge is 0.419 e. The van der Waals surface area contributed by atoms with E-state index in [1.54, 1.807) is 5.32 Å². The van der Waals surface area contributed by atoms with Crippen LogP contribution in [0.3, 0.4) is 0 Å². The van der Waals surface area contributed by atoms with Gasteiger partial charge >= 0.3 is 12.4 Å². The maximum absolute atomic E-state index is 13.3. The van der Waals surface area contributed by atoms with Crippen LogP contribution < -0.4 is 5.32 Å². The maximum Gasteiger partial charge on any atom is 0.419 e. The number of benzene rings is 1. The number of hydrogen-bond acceptors (Lipinski definition) is 6. The Hall–Kier alpha value is -3.16. The first kappa shape index (κ1) is 21.1. The highest BCUT2D eigenvalue weighted by atomic mass is 35.5. The molecule has 0 fully saturated rings. The smallest absolute Gasteiger partial charge is 0.334 e. The van der Waals surface area contributed by atoms with Crippen molar-refractivity contribution < 1.29 is 36.2 Å². The van der Waals surface area contributed by atoms with Crippen molar-refractivity contribution in [3.8, 4) is 0 Å². The Morgan fingerprint density at radius 1 is 0.929 bits per heavy atom. The molecule has 0 aliphatic rings. The molecule has 15 heteroatoms. The number of alkyl halides is 6. The molecule has 0 amide bonds. The first-order valence-corrected chi connectivity index (χ1v) is 7.14. The van der Waals surface area contributed by atoms with Crippen LogP contribution in [0.4, 0.5) is 49.2 Å². The van der Waals surface area contributed by atoms with E-state index in [2.05, 4.69) is 4.98 Å². The Kier molecular flexibility index (Phi) is 5.36. The zero-order chi connectivity index (χ0) is 21.4. The number of anilines is 2. The topological polar surface area (TPSA) is 111 Å². The molecule has 1 aromatic heterocycles. The fourth-order valence-corrected chi connectivity index (χ4v) is 2.24. The van der Waals surface area contributed by atoms with Crippen LogP contribution in [0.2, 0.25) is 5.15 Å². The van der Waals surface area contributed by atoms with Gasteiger partial charge in [-0.3, -0.25) is 20.2 Å². The number of pyridine rings is 1. The van der Waals surface area contributed by atoms with Crippen molar-refractivity contribution in [1.29, 1.82) is 0 Å². The number of aromatic nitrogens is 1. The summed E-state index contributed by atoms with van der Waals surface area (Å²) < 4.78 is 79.1. The van der Waals surface area contributed by atoms with Gasteiger partial charge in [0.05, 0.1) is 27.0 Å². The minimum atomic E-state index is -5.38. The number of nitrogens with zero attached hydrogens (tertiary/aromatic N) is 3. The molecule has 28 heavy (non-hydrogen) atoms. The van der Waals surface area contributed by atoms with Crippen LogP contribution in [0.15, 0.2) is 24.3 Å². The number of hydrogen-bond donors (Lipinski definition) is 1. The third-order valence-corrected chi connectivity index (χ3v) is 3.44. The fraction of sp³-hybridized carbons (Fsp3) is 0.154. The predicted octanol–water partition coefficient (Wildman–Crippen LogP) is 5.33. The minimum Gasteiger partial charge on any atom is -0.334 e. The summed E-state index contributed by atoms with van der Waals surface area (Å²) in [7, 11) is 0. The minimum absolute atomic E-state index is 0.0485. The molecule has 2 aromatic rings. The lowest BCUT2D eigenvalue weighted by molar-refractivity contribution is -0.394. The molecule has 0 atom stereocenters. The average Bonchev–Trinajstić information content (AvgIpc) is 2.52. The van der Waals surface area contributed by atoms with Gasteiger partial charge < -0.3 is 5.32 Å². The van der Waals surface area contributed by atoms with Crippen molar-refractivity contribution in [2.75, 3.05) is 5.32 Å². The molecular formula is C13H5ClF6N4O4. The zero-order valence-corrected chi connectivity index (χ0v) is 13.7. The maximum atomic E-state index is 13.3. The number of non-ortho nitro benzene ring substituents is 1. The van der Waals surface area contributed by atoms with Gasteiger partial charge in [-0.1, -0.05) is 11.6 Å². The summed E-state index contributed by atoms with van der Waals surface area (Å²) in [5.41, 5.74) is -7.69. The molecule has 1 aromatic carbocycles. The van der Waals surface area contributed by atoms with E-state index in [9.17, 15) is 46.6 Å². The average molecular weight is 431 g/mol. The summed E-state index contributed by atoms with van der Waals surface area (Å²) in [6.45, 7) is 0. The lowest BCUT2D eigenvalue weighted by atomic mass is 10.1. The summed E-state index contributed by atoms with van der Waals surface area (Å²) >= 11 is 5.47. The number of rotatable bonds is 4. The number of nitro groups is 2. The van der Waals surface area contributed by atoms with Gasteiger partial charge in [0.25, 0.3) is 11.4 Å². The van der Waals surface area contributed by atoms with Gasteiger partial charge in [-0.25, -0.2) is 4.98 Å². The Balaban J connectivity index is 2.81. The van der Waals surface area contributed by atoms with Crippen molar-refractivity contribution in [3.63, 3.8) is 0 Å². The molecular weight excluding hydrogens is 426 g/mol. The summed E-state index contributed by atoms with van der Waals surface area (Å²) in [6, 6.07) is 1.25. The van der Waals surface area contributed by atoms with Crippen LogP contribution in [0, 0.1) is 20.2 Å². The van der Waals surface area contributed by atoms with E-state index >= 15 is 0 Å². The third-order valence-electron chi connectivity index (χ3n) is 3.23. The Morgan fingerprint density at radius 3 is 1.96 bits per heavy atom.